The minimum atomic E-state index is -0.436. The zero-order valence-corrected chi connectivity index (χ0v) is 11.0. The maximum Gasteiger partial charge on any atom is 0.343 e. The Bertz CT molecular complexity index is 588. The van der Waals surface area contributed by atoms with Crippen molar-refractivity contribution in [1.82, 2.24) is 0 Å². The van der Waals surface area contributed by atoms with Crippen molar-refractivity contribution in [3.05, 3.63) is 65.7 Å². The van der Waals surface area contributed by atoms with Gasteiger partial charge in [0, 0.05) is 0 Å². The lowest BCUT2D eigenvalue weighted by Gasteiger charge is -2.05. The lowest BCUT2D eigenvalue weighted by atomic mass is 10.2. The van der Waals surface area contributed by atoms with Gasteiger partial charge in [0.1, 0.15) is 5.75 Å². The van der Waals surface area contributed by atoms with Gasteiger partial charge in [0.05, 0.1) is 17.7 Å². The first-order valence-electron chi connectivity index (χ1n) is 6.25. The zero-order valence-electron chi connectivity index (χ0n) is 11.0. The van der Waals surface area contributed by atoms with Crippen molar-refractivity contribution in [2.75, 3.05) is 6.61 Å². The second-order valence-electron chi connectivity index (χ2n) is 4.00. The molecule has 0 spiro atoms. The molecule has 2 aromatic carbocycles. The Hall–Kier alpha value is -2.62. The van der Waals surface area contributed by atoms with Crippen LogP contribution in [-0.2, 0) is 4.74 Å². The van der Waals surface area contributed by atoms with Gasteiger partial charge in [-0.15, -0.1) is 0 Å². The zero-order chi connectivity index (χ0) is 14.4. The van der Waals surface area contributed by atoms with E-state index in [1.807, 2.05) is 6.07 Å². The summed E-state index contributed by atoms with van der Waals surface area (Å²) >= 11 is 0. The third-order valence-corrected chi connectivity index (χ3v) is 2.59. The molecule has 0 unspecified atom stereocenters. The standard InChI is InChI=1S/C16H14O4/c1-2-19-15(17)13-8-10-14(11-9-13)20-16(18)12-6-4-3-5-7-12/h3-11H,2H2,1H3. The summed E-state index contributed by atoms with van der Waals surface area (Å²) in [5, 5.41) is 0. The van der Waals surface area contributed by atoms with Gasteiger partial charge in [-0.3, -0.25) is 0 Å². The second-order valence-corrected chi connectivity index (χ2v) is 4.00. The van der Waals surface area contributed by atoms with E-state index in [4.69, 9.17) is 9.47 Å². The van der Waals surface area contributed by atoms with Crippen LogP contribution in [-0.4, -0.2) is 18.5 Å². The van der Waals surface area contributed by atoms with Crippen LogP contribution in [0.5, 0.6) is 5.75 Å². The molecule has 0 saturated carbocycles. The monoisotopic (exact) mass is 270 g/mol. The highest BCUT2D eigenvalue weighted by atomic mass is 16.5. The minimum Gasteiger partial charge on any atom is -0.462 e. The highest BCUT2D eigenvalue weighted by Crippen LogP contribution is 2.15. The van der Waals surface area contributed by atoms with Crippen molar-refractivity contribution in [3.8, 4) is 5.75 Å². The molecule has 0 heterocycles. The molecular weight excluding hydrogens is 256 g/mol. The van der Waals surface area contributed by atoms with E-state index in [1.54, 1.807) is 55.5 Å². The van der Waals surface area contributed by atoms with E-state index in [2.05, 4.69) is 0 Å². The third kappa shape index (κ3) is 3.45. The molecule has 0 aromatic heterocycles. The van der Waals surface area contributed by atoms with E-state index in [0.29, 0.717) is 23.5 Å². The van der Waals surface area contributed by atoms with Crippen molar-refractivity contribution in [1.29, 1.82) is 0 Å². The van der Waals surface area contributed by atoms with Crippen LogP contribution in [0.3, 0.4) is 0 Å². The van der Waals surface area contributed by atoms with Gasteiger partial charge in [-0.2, -0.15) is 0 Å². The van der Waals surface area contributed by atoms with Crippen LogP contribution in [0.25, 0.3) is 0 Å². The number of benzene rings is 2. The SMILES string of the molecule is CCOC(=O)c1ccc(OC(=O)c2ccccc2)cc1. The van der Waals surface area contributed by atoms with Gasteiger partial charge < -0.3 is 9.47 Å². The number of carbonyl (C=O) groups excluding carboxylic acids is 2. The maximum absolute atomic E-state index is 11.8. The molecule has 102 valence electrons. The fourth-order valence-corrected chi connectivity index (χ4v) is 1.61. The molecule has 0 fully saturated rings. The van der Waals surface area contributed by atoms with Crippen molar-refractivity contribution < 1.29 is 19.1 Å². The van der Waals surface area contributed by atoms with Gasteiger partial charge in [0.25, 0.3) is 0 Å². The molecule has 20 heavy (non-hydrogen) atoms. The average molecular weight is 270 g/mol. The molecule has 0 N–H and O–H groups in total. The summed E-state index contributed by atoms with van der Waals surface area (Å²) < 4.78 is 10.1. The number of rotatable bonds is 4. The first-order valence-corrected chi connectivity index (χ1v) is 6.25. The van der Waals surface area contributed by atoms with Crippen molar-refractivity contribution in [3.63, 3.8) is 0 Å². The van der Waals surface area contributed by atoms with Gasteiger partial charge in [0.2, 0.25) is 0 Å². The quantitative estimate of drug-likeness (QED) is 0.633. The Labute approximate surface area is 116 Å². The lowest BCUT2D eigenvalue weighted by molar-refractivity contribution is 0.0526. The fourth-order valence-electron chi connectivity index (χ4n) is 1.61. The molecule has 0 aliphatic carbocycles. The van der Waals surface area contributed by atoms with Crippen LogP contribution >= 0.6 is 0 Å². The molecule has 0 aliphatic rings. The molecule has 0 amide bonds. The Morgan fingerprint density at radius 1 is 0.850 bits per heavy atom. The molecular formula is C16H14O4. The summed E-state index contributed by atoms with van der Waals surface area (Å²) in [6, 6.07) is 15.0. The van der Waals surface area contributed by atoms with E-state index in [-0.39, 0.29) is 0 Å². The average Bonchev–Trinajstić information content (AvgIpc) is 2.49. The van der Waals surface area contributed by atoms with Gasteiger partial charge in [-0.1, -0.05) is 18.2 Å². The summed E-state index contributed by atoms with van der Waals surface area (Å²) in [6.45, 7) is 2.07. The van der Waals surface area contributed by atoms with Crippen molar-refractivity contribution >= 4 is 11.9 Å². The van der Waals surface area contributed by atoms with Crippen LogP contribution < -0.4 is 4.74 Å². The fraction of sp³-hybridized carbons (Fsp3) is 0.125. The summed E-state index contributed by atoms with van der Waals surface area (Å²) in [6.07, 6.45) is 0. The van der Waals surface area contributed by atoms with Crippen molar-refractivity contribution in [2.45, 2.75) is 6.92 Å². The number of ether oxygens (including phenoxy) is 2. The Morgan fingerprint density at radius 2 is 1.45 bits per heavy atom. The lowest BCUT2D eigenvalue weighted by Crippen LogP contribution is -2.08. The van der Waals surface area contributed by atoms with E-state index >= 15 is 0 Å². The first-order chi connectivity index (χ1) is 9.70. The van der Waals surface area contributed by atoms with Gasteiger partial charge in [-0.05, 0) is 43.3 Å². The molecule has 0 saturated heterocycles. The molecule has 0 radical (unpaired) electrons. The smallest absolute Gasteiger partial charge is 0.343 e. The van der Waals surface area contributed by atoms with Crippen LogP contribution in [0.4, 0.5) is 0 Å². The predicted octanol–water partition coefficient (Wildman–Crippen LogP) is 3.08. The van der Waals surface area contributed by atoms with E-state index in [9.17, 15) is 9.59 Å². The summed E-state index contributed by atoms with van der Waals surface area (Å²) in [7, 11) is 0. The molecule has 4 nitrogen and oxygen atoms in total. The van der Waals surface area contributed by atoms with Gasteiger partial charge >= 0.3 is 11.9 Å². The highest BCUT2D eigenvalue weighted by molar-refractivity contribution is 5.91. The Kier molecular flexibility index (Phi) is 4.50. The summed E-state index contributed by atoms with van der Waals surface area (Å²) in [4.78, 5) is 23.3. The van der Waals surface area contributed by atoms with Crippen molar-refractivity contribution in [2.24, 2.45) is 0 Å². The normalized spacial score (nSPS) is 9.85. The molecule has 0 aliphatic heterocycles. The third-order valence-electron chi connectivity index (χ3n) is 2.59. The Balaban J connectivity index is 2.04. The van der Waals surface area contributed by atoms with Crippen LogP contribution in [0.15, 0.2) is 54.6 Å². The molecule has 0 bridgehead atoms. The largest absolute Gasteiger partial charge is 0.462 e. The summed E-state index contributed by atoms with van der Waals surface area (Å²) in [5.41, 5.74) is 0.897. The Morgan fingerprint density at radius 3 is 2.05 bits per heavy atom. The number of esters is 2. The van der Waals surface area contributed by atoms with Gasteiger partial charge in [0.15, 0.2) is 0 Å². The molecule has 2 rings (SSSR count). The van der Waals surface area contributed by atoms with Crippen LogP contribution in [0, 0.1) is 0 Å². The summed E-state index contributed by atoms with van der Waals surface area (Å²) in [5.74, 6) is -0.449. The van der Waals surface area contributed by atoms with Crippen LogP contribution in [0.1, 0.15) is 27.6 Å². The van der Waals surface area contributed by atoms with Crippen LogP contribution in [0.2, 0.25) is 0 Å². The van der Waals surface area contributed by atoms with E-state index < -0.39 is 11.9 Å². The number of carbonyl (C=O) groups is 2. The first kappa shape index (κ1) is 13.8. The van der Waals surface area contributed by atoms with E-state index in [1.165, 1.54) is 0 Å². The maximum atomic E-state index is 11.8. The highest BCUT2D eigenvalue weighted by Gasteiger charge is 2.09. The molecule has 4 heteroatoms. The predicted molar refractivity (Wildman–Crippen MR) is 73.8 cm³/mol. The molecule has 2 aromatic rings. The topological polar surface area (TPSA) is 52.6 Å². The number of hydrogen-bond acceptors (Lipinski definition) is 4. The molecule has 0 atom stereocenters. The number of hydrogen-bond donors (Lipinski definition) is 0. The second kappa shape index (κ2) is 6.52. The van der Waals surface area contributed by atoms with Gasteiger partial charge in [-0.25, -0.2) is 9.59 Å². The van der Waals surface area contributed by atoms with E-state index in [0.717, 1.165) is 0 Å². The minimum absolute atomic E-state index is 0.323.